The predicted molar refractivity (Wildman–Crippen MR) is 104 cm³/mol. The average molecular weight is 410 g/mol. The van der Waals surface area contributed by atoms with Crippen LogP contribution in [0.5, 0.6) is 34.5 Å². The van der Waals surface area contributed by atoms with Crippen molar-refractivity contribution in [2.75, 3.05) is 34.6 Å². The minimum Gasteiger partial charge on any atom is -0.497 e. The second kappa shape index (κ2) is 9.37. The number of Topliss-reactive ketones (excluding diaryl/α,β-unsaturated/α-hetero) is 1. The van der Waals surface area contributed by atoms with Crippen LogP contribution in [0.1, 0.15) is 6.92 Å². The Bertz CT molecular complexity index is 819. The van der Waals surface area contributed by atoms with Crippen molar-refractivity contribution in [1.82, 2.24) is 0 Å². The Morgan fingerprint density at radius 1 is 0.750 bits per heavy atom. The van der Waals surface area contributed by atoms with E-state index in [1.807, 2.05) is 0 Å². The molecule has 0 amide bonds. The molecular formula is C19H23O8P. The van der Waals surface area contributed by atoms with E-state index in [-0.39, 0.29) is 28.8 Å². The van der Waals surface area contributed by atoms with Crippen LogP contribution in [0, 0.1) is 0 Å². The molecule has 0 N–H and O–H groups in total. The summed E-state index contributed by atoms with van der Waals surface area (Å²) in [5, 5.41) is 0. The Balaban J connectivity index is 2.40. The van der Waals surface area contributed by atoms with Gasteiger partial charge in [0.1, 0.15) is 23.4 Å². The van der Waals surface area contributed by atoms with Crippen molar-refractivity contribution < 1.29 is 37.4 Å². The maximum absolute atomic E-state index is 13.4. The first-order valence-electron chi connectivity index (χ1n) is 8.26. The van der Waals surface area contributed by atoms with Gasteiger partial charge >= 0.3 is 7.60 Å². The van der Waals surface area contributed by atoms with Crippen molar-refractivity contribution in [3.8, 4) is 34.5 Å². The van der Waals surface area contributed by atoms with E-state index < -0.39 is 13.8 Å². The molecule has 152 valence electrons. The highest BCUT2D eigenvalue weighted by Crippen LogP contribution is 2.52. The van der Waals surface area contributed by atoms with Crippen molar-refractivity contribution in [2.45, 2.75) is 6.92 Å². The lowest BCUT2D eigenvalue weighted by Crippen LogP contribution is -2.11. The van der Waals surface area contributed by atoms with E-state index in [4.69, 9.17) is 28.0 Å². The monoisotopic (exact) mass is 410 g/mol. The van der Waals surface area contributed by atoms with Gasteiger partial charge < -0.3 is 28.0 Å². The SMILES string of the molecule is COc1ccc(OP(=O)(CC(C)=O)Oc2ccc(OC)cc2OC)c(OC)c1. The van der Waals surface area contributed by atoms with Gasteiger partial charge in [-0.1, -0.05) is 0 Å². The number of ketones is 1. The van der Waals surface area contributed by atoms with Gasteiger partial charge in [0.2, 0.25) is 0 Å². The van der Waals surface area contributed by atoms with Crippen LogP contribution in [0.3, 0.4) is 0 Å². The minimum absolute atomic E-state index is 0.153. The van der Waals surface area contributed by atoms with Gasteiger partial charge in [0.25, 0.3) is 0 Å². The summed E-state index contributed by atoms with van der Waals surface area (Å²) < 4.78 is 45.4. The van der Waals surface area contributed by atoms with Crippen molar-refractivity contribution >= 4 is 13.4 Å². The average Bonchev–Trinajstić information content (AvgIpc) is 2.67. The standard InChI is InChI=1S/C19H23O8P/c1-13(20)12-28(21,26-16-8-6-14(22-2)10-18(16)24-4)27-17-9-7-15(23-3)11-19(17)25-5/h6-11H,12H2,1-5H3. The summed E-state index contributed by atoms with van der Waals surface area (Å²) in [6.45, 7) is 1.30. The highest BCUT2D eigenvalue weighted by Gasteiger charge is 2.33. The van der Waals surface area contributed by atoms with Gasteiger partial charge in [-0.25, -0.2) is 4.57 Å². The molecule has 2 aromatic carbocycles. The molecule has 0 unspecified atom stereocenters. The second-order valence-electron chi connectivity index (χ2n) is 5.69. The molecule has 2 rings (SSSR count). The Morgan fingerprint density at radius 3 is 1.50 bits per heavy atom. The molecule has 0 saturated carbocycles. The minimum atomic E-state index is -3.94. The Morgan fingerprint density at radius 2 is 1.18 bits per heavy atom. The summed E-state index contributed by atoms with van der Waals surface area (Å²) in [5.41, 5.74) is 0. The maximum atomic E-state index is 13.4. The third-order valence-corrected chi connectivity index (χ3v) is 5.42. The molecule has 0 aromatic heterocycles. The number of ether oxygens (including phenoxy) is 4. The van der Waals surface area contributed by atoms with Crippen LogP contribution < -0.4 is 28.0 Å². The zero-order chi connectivity index (χ0) is 20.7. The highest BCUT2D eigenvalue weighted by atomic mass is 31.2. The third-order valence-electron chi connectivity index (χ3n) is 3.63. The van der Waals surface area contributed by atoms with Gasteiger partial charge in [0, 0.05) is 12.1 Å². The molecule has 0 aliphatic rings. The van der Waals surface area contributed by atoms with Crippen LogP contribution in [-0.2, 0) is 9.36 Å². The summed E-state index contributed by atoms with van der Waals surface area (Å²) in [6.07, 6.45) is -0.433. The largest absolute Gasteiger partial charge is 0.497 e. The second-order valence-corrected chi connectivity index (χ2v) is 7.59. The molecule has 0 radical (unpaired) electrons. The number of hydrogen-bond donors (Lipinski definition) is 0. The summed E-state index contributed by atoms with van der Waals surface area (Å²) in [7, 11) is 1.95. The maximum Gasteiger partial charge on any atom is 0.438 e. The van der Waals surface area contributed by atoms with E-state index in [0.29, 0.717) is 11.5 Å². The van der Waals surface area contributed by atoms with E-state index >= 15 is 0 Å². The topological polar surface area (TPSA) is 89.5 Å². The summed E-state index contributed by atoms with van der Waals surface area (Å²) in [6, 6.07) is 9.43. The number of methoxy groups -OCH3 is 4. The lowest BCUT2D eigenvalue weighted by Gasteiger charge is -2.21. The molecule has 0 atom stereocenters. The molecular weight excluding hydrogens is 387 g/mol. The smallest absolute Gasteiger partial charge is 0.438 e. The predicted octanol–water partition coefficient (Wildman–Crippen LogP) is 3.96. The lowest BCUT2D eigenvalue weighted by molar-refractivity contribution is -0.114. The molecule has 8 nitrogen and oxygen atoms in total. The van der Waals surface area contributed by atoms with Crippen LogP contribution in [0.4, 0.5) is 0 Å². The molecule has 0 saturated heterocycles. The van der Waals surface area contributed by atoms with Crippen LogP contribution in [0.2, 0.25) is 0 Å². The molecule has 0 heterocycles. The molecule has 0 aliphatic heterocycles. The van der Waals surface area contributed by atoms with Gasteiger partial charge in [0.15, 0.2) is 23.0 Å². The number of rotatable bonds is 10. The molecule has 28 heavy (non-hydrogen) atoms. The molecule has 0 bridgehead atoms. The van der Waals surface area contributed by atoms with E-state index in [9.17, 15) is 9.36 Å². The molecule has 0 aliphatic carbocycles. The molecule has 2 aromatic rings. The number of hydrogen-bond acceptors (Lipinski definition) is 8. The van der Waals surface area contributed by atoms with Crippen LogP contribution in [-0.4, -0.2) is 40.4 Å². The number of carbonyl (C=O) groups is 1. The fraction of sp³-hybridized carbons (Fsp3) is 0.316. The Hall–Kier alpha value is -2.86. The van der Waals surface area contributed by atoms with Crippen LogP contribution in [0.25, 0.3) is 0 Å². The van der Waals surface area contributed by atoms with Gasteiger partial charge in [-0.15, -0.1) is 0 Å². The quantitative estimate of drug-likeness (QED) is 0.544. The van der Waals surface area contributed by atoms with Crippen molar-refractivity contribution in [3.63, 3.8) is 0 Å². The van der Waals surface area contributed by atoms with Crippen molar-refractivity contribution in [1.29, 1.82) is 0 Å². The first-order chi connectivity index (χ1) is 13.3. The first-order valence-corrected chi connectivity index (χ1v) is 9.98. The fourth-order valence-corrected chi connectivity index (χ4v) is 3.97. The summed E-state index contributed by atoms with van der Waals surface area (Å²) >= 11 is 0. The molecule has 0 spiro atoms. The normalized spacial score (nSPS) is 10.8. The van der Waals surface area contributed by atoms with Crippen LogP contribution in [0.15, 0.2) is 36.4 Å². The Labute approximate surface area is 163 Å². The van der Waals surface area contributed by atoms with Gasteiger partial charge in [-0.2, -0.15) is 0 Å². The fourth-order valence-electron chi connectivity index (χ4n) is 2.36. The van der Waals surface area contributed by atoms with Gasteiger partial charge in [0.05, 0.1) is 28.4 Å². The lowest BCUT2D eigenvalue weighted by atomic mass is 10.3. The van der Waals surface area contributed by atoms with Crippen LogP contribution >= 0.6 is 7.60 Å². The molecule has 0 fully saturated rings. The summed E-state index contributed by atoms with van der Waals surface area (Å²) in [5.74, 6) is 1.58. The van der Waals surface area contributed by atoms with E-state index in [1.54, 1.807) is 24.3 Å². The van der Waals surface area contributed by atoms with Gasteiger partial charge in [-0.3, -0.25) is 4.79 Å². The first kappa shape index (κ1) is 21.4. The number of benzene rings is 2. The van der Waals surface area contributed by atoms with Crippen molar-refractivity contribution in [2.24, 2.45) is 0 Å². The van der Waals surface area contributed by atoms with E-state index in [1.165, 1.54) is 47.5 Å². The van der Waals surface area contributed by atoms with E-state index in [0.717, 1.165) is 0 Å². The zero-order valence-corrected chi connectivity index (χ0v) is 17.3. The number of carbonyl (C=O) groups excluding carboxylic acids is 1. The van der Waals surface area contributed by atoms with Crippen molar-refractivity contribution in [3.05, 3.63) is 36.4 Å². The third kappa shape index (κ3) is 5.33. The summed E-state index contributed by atoms with van der Waals surface area (Å²) in [4.78, 5) is 11.7. The highest BCUT2D eigenvalue weighted by molar-refractivity contribution is 7.55. The molecule has 9 heteroatoms. The Kier molecular flexibility index (Phi) is 7.18. The zero-order valence-electron chi connectivity index (χ0n) is 16.4. The van der Waals surface area contributed by atoms with Gasteiger partial charge in [-0.05, 0) is 31.2 Å². The van der Waals surface area contributed by atoms with E-state index in [2.05, 4.69) is 0 Å².